The average molecular weight is 420 g/mol. The van der Waals surface area contributed by atoms with Gasteiger partial charge in [0, 0.05) is 0 Å². The molecule has 0 aromatic heterocycles. The van der Waals surface area contributed by atoms with Crippen LogP contribution in [0.25, 0.3) is 0 Å². The van der Waals surface area contributed by atoms with E-state index >= 15 is 0 Å². The smallest absolute Gasteiger partial charge is 0.326 e. The summed E-state index contributed by atoms with van der Waals surface area (Å²) in [6, 6.07) is -3.66. The molecule has 0 aromatic carbocycles. The molecule has 0 aromatic rings. The number of carbonyl (C=O) groups is 5. The molecule has 0 radical (unpaired) electrons. The first-order chi connectivity index (χ1) is 13.0. The number of carbonyl (C=O) groups excluding carboxylic acids is 3. The second-order valence-corrected chi connectivity index (χ2v) is 7.32. The van der Waals surface area contributed by atoms with Gasteiger partial charge in [0.25, 0.3) is 0 Å². The van der Waals surface area contributed by atoms with Crippen LogP contribution in [-0.2, 0) is 24.0 Å². The Morgan fingerprint density at radius 3 is 2.00 bits per heavy atom. The van der Waals surface area contributed by atoms with E-state index in [1.54, 1.807) is 20.1 Å². The highest BCUT2D eigenvalue weighted by molar-refractivity contribution is 7.98. The van der Waals surface area contributed by atoms with E-state index in [9.17, 15) is 29.1 Å². The first-order valence-electron chi connectivity index (χ1n) is 8.57. The van der Waals surface area contributed by atoms with Crippen molar-refractivity contribution in [2.24, 2.45) is 11.7 Å². The molecule has 0 saturated carbocycles. The summed E-state index contributed by atoms with van der Waals surface area (Å²) in [4.78, 5) is 58.6. The van der Waals surface area contributed by atoms with Gasteiger partial charge in [0.15, 0.2) is 0 Å². The van der Waals surface area contributed by atoms with Crippen molar-refractivity contribution in [2.75, 3.05) is 18.6 Å². The monoisotopic (exact) mass is 420 g/mol. The van der Waals surface area contributed by atoms with E-state index in [0.717, 1.165) is 0 Å². The number of amides is 3. The first kappa shape index (κ1) is 25.7. The number of hydrogen-bond donors (Lipinski definition) is 6. The second kappa shape index (κ2) is 12.9. The van der Waals surface area contributed by atoms with Gasteiger partial charge < -0.3 is 31.9 Å². The zero-order valence-corrected chi connectivity index (χ0v) is 16.9. The van der Waals surface area contributed by atoms with Gasteiger partial charge >= 0.3 is 11.9 Å². The number of carboxylic acids is 2. The molecule has 11 nitrogen and oxygen atoms in total. The lowest BCUT2D eigenvalue weighted by molar-refractivity contribution is -0.143. The normalized spacial score (nSPS) is 13.9. The molecular formula is C16H28N4O7S. The van der Waals surface area contributed by atoms with Crippen LogP contribution >= 0.6 is 11.8 Å². The summed E-state index contributed by atoms with van der Waals surface area (Å²) in [6.07, 6.45) is 1.31. The SMILES string of the molecule is CSCCC(NC(=O)C(NC(=O)C(CC(=O)O)NC(=O)CN)C(C)C)C(=O)O. The first-order valence-corrected chi connectivity index (χ1v) is 9.96. The van der Waals surface area contributed by atoms with E-state index in [1.165, 1.54) is 11.8 Å². The summed E-state index contributed by atoms with van der Waals surface area (Å²) < 4.78 is 0. The Morgan fingerprint density at radius 1 is 0.964 bits per heavy atom. The molecule has 0 rings (SSSR count). The predicted molar refractivity (Wildman–Crippen MR) is 103 cm³/mol. The molecule has 0 heterocycles. The van der Waals surface area contributed by atoms with Crippen molar-refractivity contribution in [3.63, 3.8) is 0 Å². The third-order valence-electron chi connectivity index (χ3n) is 3.69. The van der Waals surface area contributed by atoms with E-state index in [0.29, 0.717) is 5.75 Å². The van der Waals surface area contributed by atoms with Crippen LogP contribution in [0.2, 0.25) is 0 Å². The molecule has 0 fully saturated rings. The van der Waals surface area contributed by atoms with Gasteiger partial charge in [-0.25, -0.2) is 4.79 Å². The van der Waals surface area contributed by atoms with Gasteiger partial charge in [0.2, 0.25) is 17.7 Å². The third-order valence-corrected chi connectivity index (χ3v) is 4.33. The predicted octanol–water partition coefficient (Wildman–Crippen LogP) is -1.63. The van der Waals surface area contributed by atoms with Gasteiger partial charge in [0.1, 0.15) is 18.1 Å². The van der Waals surface area contributed by atoms with Crippen molar-refractivity contribution in [1.82, 2.24) is 16.0 Å². The van der Waals surface area contributed by atoms with Crippen LogP contribution in [0.4, 0.5) is 0 Å². The van der Waals surface area contributed by atoms with Gasteiger partial charge in [-0.15, -0.1) is 0 Å². The molecule has 0 saturated heterocycles. The van der Waals surface area contributed by atoms with Crippen molar-refractivity contribution >= 4 is 41.4 Å². The van der Waals surface area contributed by atoms with Crippen molar-refractivity contribution in [2.45, 2.75) is 44.8 Å². The van der Waals surface area contributed by atoms with Crippen molar-refractivity contribution in [3.05, 3.63) is 0 Å². The number of rotatable bonds is 13. The Hall–Kier alpha value is -2.34. The van der Waals surface area contributed by atoms with Gasteiger partial charge in [0.05, 0.1) is 13.0 Å². The molecule has 0 bridgehead atoms. The van der Waals surface area contributed by atoms with Crippen molar-refractivity contribution in [1.29, 1.82) is 0 Å². The number of nitrogens with one attached hydrogen (secondary N) is 3. The zero-order valence-electron chi connectivity index (χ0n) is 16.1. The van der Waals surface area contributed by atoms with E-state index in [-0.39, 0.29) is 6.42 Å². The Kier molecular flexibility index (Phi) is 11.9. The molecule has 0 aliphatic carbocycles. The van der Waals surface area contributed by atoms with Crippen LogP contribution in [0.15, 0.2) is 0 Å². The number of hydrogen-bond acceptors (Lipinski definition) is 7. The van der Waals surface area contributed by atoms with E-state index < -0.39 is 66.7 Å². The molecule has 3 atom stereocenters. The van der Waals surface area contributed by atoms with Crippen LogP contribution < -0.4 is 21.7 Å². The average Bonchev–Trinajstić information content (AvgIpc) is 2.60. The summed E-state index contributed by atoms with van der Waals surface area (Å²) in [5, 5.41) is 25.1. The fourth-order valence-electron chi connectivity index (χ4n) is 2.18. The van der Waals surface area contributed by atoms with Gasteiger partial charge in [-0.3, -0.25) is 19.2 Å². The fourth-order valence-corrected chi connectivity index (χ4v) is 2.65. The molecule has 0 aliphatic heterocycles. The van der Waals surface area contributed by atoms with Crippen LogP contribution in [-0.4, -0.2) is 76.6 Å². The third kappa shape index (κ3) is 9.55. The number of carboxylic acid groups (broad SMARTS) is 2. The largest absolute Gasteiger partial charge is 0.481 e. The molecule has 0 aliphatic rings. The number of aliphatic carboxylic acids is 2. The summed E-state index contributed by atoms with van der Waals surface area (Å²) in [6.45, 7) is 2.83. The van der Waals surface area contributed by atoms with Gasteiger partial charge in [-0.2, -0.15) is 11.8 Å². The van der Waals surface area contributed by atoms with E-state index in [4.69, 9.17) is 10.8 Å². The topological polar surface area (TPSA) is 188 Å². The fraction of sp³-hybridized carbons (Fsp3) is 0.688. The Morgan fingerprint density at radius 2 is 1.57 bits per heavy atom. The Balaban J connectivity index is 5.25. The van der Waals surface area contributed by atoms with Crippen LogP contribution in [0.3, 0.4) is 0 Å². The molecular weight excluding hydrogens is 392 g/mol. The van der Waals surface area contributed by atoms with E-state index in [1.807, 2.05) is 0 Å². The number of thioether (sulfide) groups is 1. The highest BCUT2D eigenvalue weighted by Gasteiger charge is 2.31. The van der Waals surface area contributed by atoms with Crippen LogP contribution in [0.5, 0.6) is 0 Å². The molecule has 12 heteroatoms. The zero-order chi connectivity index (χ0) is 21.9. The maximum absolute atomic E-state index is 12.5. The highest BCUT2D eigenvalue weighted by atomic mass is 32.2. The quantitative estimate of drug-likeness (QED) is 0.203. The maximum Gasteiger partial charge on any atom is 0.326 e. The molecule has 160 valence electrons. The molecule has 7 N–H and O–H groups in total. The summed E-state index contributed by atoms with van der Waals surface area (Å²) in [5.41, 5.74) is 5.16. The highest BCUT2D eigenvalue weighted by Crippen LogP contribution is 2.07. The van der Waals surface area contributed by atoms with Crippen molar-refractivity contribution < 1.29 is 34.2 Å². The standard InChI is InChI=1S/C16H28N4O7S/c1-8(2)13(15(25)19-9(16(26)27)4-5-28-3)20-14(24)10(6-12(22)23)18-11(21)7-17/h8-10,13H,4-7,17H2,1-3H3,(H,18,21)(H,19,25)(H,20,24)(H,22,23)(H,26,27). The summed E-state index contributed by atoms with van der Waals surface area (Å²) in [7, 11) is 0. The summed E-state index contributed by atoms with van der Waals surface area (Å²) >= 11 is 1.43. The van der Waals surface area contributed by atoms with Crippen molar-refractivity contribution in [3.8, 4) is 0 Å². The lowest BCUT2D eigenvalue weighted by Crippen LogP contribution is -2.58. The lowest BCUT2D eigenvalue weighted by Gasteiger charge is -2.26. The molecule has 3 amide bonds. The van der Waals surface area contributed by atoms with Crippen LogP contribution in [0.1, 0.15) is 26.7 Å². The van der Waals surface area contributed by atoms with E-state index in [2.05, 4.69) is 16.0 Å². The lowest BCUT2D eigenvalue weighted by atomic mass is 10.0. The minimum atomic E-state index is -1.42. The minimum absolute atomic E-state index is 0.204. The summed E-state index contributed by atoms with van der Waals surface area (Å²) in [5.74, 6) is -4.75. The Bertz CT molecular complexity index is 585. The minimum Gasteiger partial charge on any atom is -0.481 e. The second-order valence-electron chi connectivity index (χ2n) is 6.33. The van der Waals surface area contributed by atoms with Gasteiger partial charge in [-0.1, -0.05) is 13.8 Å². The Labute approximate surface area is 167 Å². The molecule has 28 heavy (non-hydrogen) atoms. The molecule has 0 spiro atoms. The number of nitrogens with two attached hydrogens (primary N) is 1. The maximum atomic E-state index is 12.5. The van der Waals surface area contributed by atoms with Gasteiger partial charge in [-0.05, 0) is 24.3 Å². The molecule has 3 unspecified atom stereocenters. The van der Waals surface area contributed by atoms with Crippen LogP contribution in [0, 0.1) is 5.92 Å².